The maximum absolute atomic E-state index is 13.4. The summed E-state index contributed by atoms with van der Waals surface area (Å²) in [5.41, 5.74) is -0.743. The van der Waals surface area contributed by atoms with Crippen LogP contribution >= 0.6 is 0 Å². The maximum Gasteiger partial charge on any atom is 0.304 e. The lowest BCUT2D eigenvalue weighted by molar-refractivity contribution is -0.387. The second kappa shape index (κ2) is 5.76. The Balaban J connectivity index is 1.98. The van der Waals surface area contributed by atoms with Crippen LogP contribution in [0.1, 0.15) is 16.8 Å². The minimum Gasteiger partial charge on any atom is -0.352 e. The predicted molar refractivity (Wildman–Crippen MR) is 72.1 cm³/mol. The van der Waals surface area contributed by atoms with Gasteiger partial charge in [0.1, 0.15) is 0 Å². The molecule has 21 heavy (non-hydrogen) atoms. The van der Waals surface area contributed by atoms with E-state index in [0.717, 1.165) is 18.2 Å². The van der Waals surface area contributed by atoms with Crippen LogP contribution < -0.4 is 5.32 Å². The number of rotatable bonds is 4. The van der Waals surface area contributed by atoms with Crippen LogP contribution in [0.25, 0.3) is 0 Å². The van der Waals surface area contributed by atoms with Crippen LogP contribution in [0.2, 0.25) is 0 Å². The van der Waals surface area contributed by atoms with Crippen molar-refractivity contribution in [3.05, 3.63) is 39.7 Å². The Hall–Kier alpha value is -2.03. The molecule has 0 radical (unpaired) electrons. The van der Waals surface area contributed by atoms with Crippen LogP contribution in [-0.4, -0.2) is 37.3 Å². The Morgan fingerprint density at radius 1 is 1.48 bits per heavy atom. The summed E-state index contributed by atoms with van der Waals surface area (Å²) in [5.74, 6) is -1.69. The van der Waals surface area contributed by atoms with Gasteiger partial charge in [0.05, 0.1) is 16.4 Å². The molecule has 1 aliphatic heterocycles. The molecule has 1 amide bonds. The minimum atomic E-state index is -3.02. The summed E-state index contributed by atoms with van der Waals surface area (Å²) in [7, 11) is -3.02. The van der Waals surface area contributed by atoms with Crippen molar-refractivity contribution < 1.29 is 22.5 Å². The Labute approximate surface area is 120 Å². The topological polar surface area (TPSA) is 106 Å². The van der Waals surface area contributed by atoms with Crippen LogP contribution in [0.5, 0.6) is 0 Å². The first-order valence-corrected chi connectivity index (χ1v) is 8.03. The minimum absolute atomic E-state index is 0.0297. The smallest absolute Gasteiger partial charge is 0.304 e. The largest absolute Gasteiger partial charge is 0.352 e. The molecule has 0 saturated carbocycles. The predicted octanol–water partition coefficient (Wildman–Crippen LogP) is 0.898. The molecule has 1 atom stereocenters. The van der Waals surface area contributed by atoms with Gasteiger partial charge in [-0.3, -0.25) is 14.9 Å². The molecule has 1 aliphatic rings. The van der Waals surface area contributed by atoms with E-state index >= 15 is 0 Å². The summed E-state index contributed by atoms with van der Waals surface area (Å²) in [5, 5.41) is 13.0. The highest BCUT2D eigenvalue weighted by molar-refractivity contribution is 7.91. The van der Waals surface area contributed by atoms with Crippen molar-refractivity contribution >= 4 is 21.4 Å². The molecule has 9 heteroatoms. The number of nitrogens with zero attached hydrogens (tertiary/aromatic N) is 1. The second-order valence-electron chi connectivity index (χ2n) is 4.90. The number of hydrogen-bond donors (Lipinski definition) is 1. The quantitative estimate of drug-likeness (QED) is 0.656. The molecule has 1 fully saturated rings. The Morgan fingerprint density at radius 2 is 2.19 bits per heavy atom. The molecule has 0 bridgehead atoms. The molecule has 1 heterocycles. The van der Waals surface area contributed by atoms with E-state index in [9.17, 15) is 27.7 Å². The van der Waals surface area contributed by atoms with Crippen molar-refractivity contribution in [2.75, 3.05) is 18.1 Å². The van der Waals surface area contributed by atoms with Gasteiger partial charge in [-0.2, -0.15) is 4.39 Å². The van der Waals surface area contributed by atoms with E-state index in [2.05, 4.69) is 5.32 Å². The SMILES string of the molecule is O=C(NCC1CCS(=O)(=O)C1)c1ccc([N+](=O)[O-])c(F)c1. The summed E-state index contributed by atoms with van der Waals surface area (Å²) < 4.78 is 36.0. The van der Waals surface area contributed by atoms with Crippen molar-refractivity contribution in [3.8, 4) is 0 Å². The summed E-state index contributed by atoms with van der Waals surface area (Å²) in [6.45, 7) is 0.177. The number of nitro benzene ring substituents is 1. The van der Waals surface area contributed by atoms with Crippen LogP contribution in [0.3, 0.4) is 0 Å². The fraction of sp³-hybridized carbons (Fsp3) is 0.417. The van der Waals surface area contributed by atoms with E-state index in [1.165, 1.54) is 0 Å². The zero-order valence-electron chi connectivity index (χ0n) is 10.9. The average molecular weight is 316 g/mol. The molecule has 1 saturated heterocycles. The fourth-order valence-corrected chi connectivity index (χ4v) is 4.03. The molecule has 0 aliphatic carbocycles. The molecule has 2 rings (SSSR count). The number of carbonyl (C=O) groups is 1. The van der Waals surface area contributed by atoms with Crippen molar-refractivity contribution in [1.82, 2.24) is 5.32 Å². The highest BCUT2D eigenvalue weighted by Gasteiger charge is 2.28. The summed E-state index contributed by atoms with van der Waals surface area (Å²) in [6, 6.07) is 2.87. The molecule has 1 unspecified atom stereocenters. The Bertz CT molecular complexity index is 689. The molecule has 1 aromatic carbocycles. The lowest BCUT2D eigenvalue weighted by atomic mass is 10.1. The molecule has 7 nitrogen and oxygen atoms in total. The van der Waals surface area contributed by atoms with Crippen LogP contribution in [0.4, 0.5) is 10.1 Å². The van der Waals surface area contributed by atoms with Crippen molar-refractivity contribution in [2.45, 2.75) is 6.42 Å². The van der Waals surface area contributed by atoms with Gasteiger partial charge < -0.3 is 5.32 Å². The molecular weight excluding hydrogens is 303 g/mol. The molecule has 1 N–H and O–H groups in total. The van der Waals surface area contributed by atoms with Gasteiger partial charge in [-0.15, -0.1) is 0 Å². The average Bonchev–Trinajstić information content (AvgIpc) is 2.75. The highest BCUT2D eigenvalue weighted by atomic mass is 32.2. The first-order valence-electron chi connectivity index (χ1n) is 6.21. The molecule has 0 aromatic heterocycles. The molecular formula is C12H13FN2O5S. The third-order valence-electron chi connectivity index (χ3n) is 3.28. The molecule has 0 spiro atoms. The summed E-state index contributed by atoms with van der Waals surface area (Å²) in [6.07, 6.45) is 0.483. The number of carbonyl (C=O) groups excluding carboxylic acids is 1. The molecule has 114 valence electrons. The van der Waals surface area contributed by atoms with Crippen molar-refractivity contribution in [3.63, 3.8) is 0 Å². The summed E-state index contributed by atoms with van der Waals surface area (Å²) >= 11 is 0. The lowest BCUT2D eigenvalue weighted by Crippen LogP contribution is -2.29. The Morgan fingerprint density at radius 3 is 2.71 bits per heavy atom. The number of hydrogen-bond acceptors (Lipinski definition) is 5. The second-order valence-corrected chi connectivity index (χ2v) is 7.13. The number of nitrogens with one attached hydrogen (secondary N) is 1. The number of sulfone groups is 1. The van der Waals surface area contributed by atoms with E-state index in [4.69, 9.17) is 0 Å². The molecule has 1 aromatic rings. The first-order chi connectivity index (χ1) is 9.78. The summed E-state index contributed by atoms with van der Waals surface area (Å²) in [4.78, 5) is 21.4. The zero-order valence-corrected chi connectivity index (χ0v) is 11.7. The zero-order chi connectivity index (χ0) is 15.6. The van der Waals surface area contributed by atoms with Crippen LogP contribution in [0, 0.1) is 21.8 Å². The van der Waals surface area contributed by atoms with E-state index in [1.807, 2.05) is 0 Å². The van der Waals surface area contributed by atoms with Gasteiger partial charge in [0.2, 0.25) is 5.82 Å². The standard InChI is InChI=1S/C12H13FN2O5S/c13-10-5-9(1-2-11(10)15(17)18)12(16)14-6-8-3-4-21(19,20)7-8/h1-2,5,8H,3-4,6-7H2,(H,14,16). The normalized spacial score (nSPS) is 20.1. The highest BCUT2D eigenvalue weighted by Crippen LogP contribution is 2.19. The maximum atomic E-state index is 13.4. The van der Waals surface area contributed by atoms with Crippen LogP contribution in [-0.2, 0) is 9.84 Å². The number of halogens is 1. The van der Waals surface area contributed by atoms with Gasteiger partial charge in [0.15, 0.2) is 9.84 Å². The van der Waals surface area contributed by atoms with Gasteiger partial charge in [-0.25, -0.2) is 8.42 Å². The fourth-order valence-electron chi connectivity index (χ4n) is 2.17. The first kappa shape index (κ1) is 15.4. The van der Waals surface area contributed by atoms with Gasteiger partial charge in [0, 0.05) is 18.2 Å². The van der Waals surface area contributed by atoms with E-state index in [1.54, 1.807) is 0 Å². The van der Waals surface area contributed by atoms with Crippen molar-refractivity contribution in [2.24, 2.45) is 5.92 Å². The van der Waals surface area contributed by atoms with E-state index in [-0.39, 0.29) is 29.5 Å². The van der Waals surface area contributed by atoms with Crippen molar-refractivity contribution in [1.29, 1.82) is 0 Å². The number of nitro groups is 1. The van der Waals surface area contributed by atoms with Crippen LogP contribution in [0.15, 0.2) is 18.2 Å². The number of benzene rings is 1. The Kier molecular flexibility index (Phi) is 4.21. The third-order valence-corrected chi connectivity index (χ3v) is 5.12. The van der Waals surface area contributed by atoms with Gasteiger partial charge in [0.25, 0.3) is 5.91 Å². The monoisotopic (exact) mass is 316 g/mol. The van der Waals surface area contributed by atoms with Gasteiger partial charge >= 0.3 is 5.69 Å². The van der Waals surface area contributed by atoms with Gasteiger partial charge in [-0.05, 0) is 24.5 Å². The van der Waals surface area contributed by atoms with E-state index < -0.39 is 32.2 Å². The lowest BCUT2D eigenvalue weighted by Gasteiger charge is -2.09. The third kappa shape index (κ3) is 3.75. The van der Waals surface area contributed by atoms with Gasteiger partial charge in [-0.1, -0.05) is 0 Å². The number of amides is 1. The van der Waals surface area contributed by atoms with E-state index in [0.29, 0.717) is 6.42 Å².